The number of aromatic amines is 1. The summed E-state index contributed by atoms with van der Waals surface area (Å²) < 4.78 is 0. The number of hydrogen-bond acceptors (Lipinski definition) is 2. The van der Waals surface area contributed by atoms with Crippen LogP contribution in [0, 0.1) is 0 Å². The third-order valence-corrected chi connectivity index (χ3v) is 5.11. The van der Waals surface area contributed by atoms with Gasteiger partial charge in [0.05, 0.1) is 5.56 Å². The van der Waals surface area contributed by atoms with Gasteiger partial charge in [-0.25, -0.2) is 0 Å². The van der Waals surface area contributed by atoms with Gasteiger partial charge >= 0.3 is 0 Å². The lowest BCUT2D eigenvalue weighted by Gasteiger charge is -2.24. The summed E-state index contributed by atoms with van der Waals surface area (Å²) in [5.74, 6) is -0.203. The van der Waals surface area contributed by atoms with E-state index in [1.165, 1.54) is 0 Å². The van der Waals surface area contributed by atoms with Crippen molar-refractivity contribution < 1.29 is 4.79 Å². The first-order valence-electron chi connectivity index (χ1n) is 7.66. The molecule has 2 aromatic carbocycles. The zero-order chi connectivity index (χ0) is 16.8. The van der Waals surface area contributed by atoms with Crippen molar-refractivity contribution in [2.24, 2.45) is 0 Å². The molecule has 0 saturated heterocycles. The normalized spacial score (nSPS) is 17.1. The Balaban J connectivity index is 1.85. The van der Waals surface area contributed by atoms with Gasteiger partial charge in [-0.15, -0.1) is 0 Å². The van der Waals surface area contributed by atoms with E-state index in [4.69, 9.17) is 23.2 Å². The van der Waals surface area contributed by atoms with Gasteiger partial charge in [0.15, 0.2) is 11.2 Å². The first-order chi connectivity index (χ1) is 11.5. The summed E-state index contributed by atoms with van der Waals surface area (Å²) in [5, 5.41) is 1.66. The number of pyridine rings is 1. The third kappa shape index (κ3) is 2.45. The maximum atomic E-state index is 12.7. The molecule has 3 nitrogen and oxygen atoms in total. The molecule has 0 radical (unpaired) electrons. The molecule has 120 valence electrons. The lowest BCUT2D eigenvalue weighted by atomic mass is 9.81. The fraction of sp³-hybridized carbons (Fsp3) is 0.158. The largest absolute Gasteiger partial charge is 0.358 e. The van der Waals surface area contributed by atoms with E-state index < -0.39 is 0 Å². The molecule has 1 heterocycles. The summed E-state index contributed by atoms with van der Waals surface area (Å²) in [6.07, 6.45) is 0.846. The maximum Gasteiger partial charge on any atom is 0.200 e. The minimum atomic E-state index is -0.190. The topological polar surface area (TPSA) is 49.9 Å². The second-order valence-corrected chi connectivity index (χ2v) is 6.89. The molecule has 1 atom stereocenters. The van der Waals surface area contributed by atoms with E-state index >= 15 is 0 Å². The number of fused-ring (bicyclic) bond motifs is 2. The van der Waals surface area contributed by atoms with Crippen molar-refractivity contribution in [2.75, 3.05) is 0 Å². The van der Waals surface area contributed by atoms with Crippen molar-refractivity contribution >= 4 is 39.9 Å². The smallest absolute Gasteiger partial charge is 0.200 e. The van der Waals surface area contributed by atoms with Crippen LogP contribution < -0.4 is 5.43 Å². The molecule has 3 aromatic rings. The van der Waals surface area contributed by atoms with Crippen LogP contribution in [0.4, 0.5) is 0 Å². The number of para-hydroxylation sites is 1. The highest BCUT2D eigenvalue weighted by Gasteiger charge is 2.30. The van der Waals surface area contributed by atoms with E-state index in [9.17, 15) is 9.59 Å². The molecule has 0 saturated carbocycles. The van der Waals surface area contributed by atoms with Crippen molar-refractivity contribution in [3.8, 4) is 0 Å². The number of rotatable bonds is 1. The highest BCUT2D eigenvalue weighted by atomic mass is 35.5. The number of halogens is 2. The molecule has 0 spiro atoms. The number of H-pyrrole nitrogens is 1. The van der Waals surface area contributed by atoms with Crippen LogP contribution in [0.2, 0.25) is 10.0 Å². The monoisotopic (exact) mass is 357 g/mol. The van der Waals surface area contributed by atoms with E-state index in [2.05, 4.69) is 4.98 Å². The highest BCUT2D eigenvalue weighted by molar-refractivity contribution is 6.35. The molecule has 0 fully saturated rings. The summed E-state index contributed by atoms with van der Waals surface area (Å²) >= 11 is 12.2. The Bertz CT molecular complexity index is 1040. The lowest BCUT2D eigenvalue weighted by Crippen LogP contribution is -2.27. The molecule has 0 bridgehead atoms. The van der Waals surface area contributed by atoms with Crippen LogP contribution in [0.3, 0.4) is 0 Å². The van der Waals surface area contributed by atoms with Crippen LogP contribution in [-0.4, -0.2) is 10.8 Å². The van der Waals surface area contributed by atoms with Crippen LogP contribution in [-0.2, 0) is 6.42 Å². The lowest BCUT2D eigenvalue weighted by molar-refractivity contribution is 0.0962. The van der Waals surface area contributed by atoms with Crippen molar-refractivity contribution in [1.29, 1.82) is 0 Å². The van der Waals surface area contributed by atoms with Gasteiger partial charge in [0.2, 0.25) is 0 Å². The van der Waals surface area contributed by atoms with Gasteiger partial charge in [-0.1, -0.05) is 41.4 Å². The Kier molecular flexibility index (Phi) is 3.70. The number of benzene rings is 2. The molecule has 24 heavy (non-hydrogen) atoms. The van der Waals surface area contributed by atoms with Crippen molar-refractivity contribution in [3.63, 3.8) is 0 Å². The van der Waals surface area contributed by atoms with E-state index in [1.54, 1.807) is 24.3 Å². The average molecular weight is 358 g/mol. The van der Waals surface area contributed by atoms with Crippen LogP contribution in [0.15, 0.2) is 47.3 Å². The predicted molar refractivity (Wildman–Crippen MR) is 96.4 cm³/mol. The standard InChI is InChI=1S/C19H13Cl2NO2/c20-11-5-6-12(14(21)9-11)10-7-16-18(17(23)8-10)19(24)13-3-1-2-4-15(13)22-16/h1-6,9-10H,7-8H2,(H,22,24). The highest BCUT2D eigenvalue weighted by Crippen LogP contribution is 2.36. The quantitative estimate of drug-likeness (QED) is 0.683. The number of Topliss-reactive ketones (excluding diaryl/α,β-unsaturated/α-hetero) is 1. The molecule has 1 aliphatic rings. The van der Waals surface area contributed by atoms with Gasteiger partial charge in [-0.2, -0.15) is 0 Å². The first-order valence-corrected chi connectivity index (χ1v) is 8.42. The van der Waals surface area contributed by atoms with Crippen LogP contribution >= 0.6 is 23.2 Å². The van der Waals surface area contributed by atoms with Crippen LogP contribution in [0.25, 0.3) is 10.9 Å². The molecular formula is C19H13Cl2NO2. The Morgan fingerprint density at radius 1 is 1.00 bits per heavy atom. The first kappa shape index (κ1) is 15.4. The van der Waals surface area contributed by atoms with Gasteiger partial charge in [0.25, 0.3) is 0 Å². The summed E-state index contributed by atoms with van der Waals surface area (Å²) in [6.45, 7) is 0. The molecule has 1 N–H and O–H groups in total. The Hall–Kier alpha value is -2.10. The van der Waals surface area contributed by atoms with Crippen LogP contribution in [0.1, 0.15) is 34.0 Å². The second-order valence-electron chi connectivity index (χ2n) is 6.05. The zero-order valence-corrected chi connectivity index (χ0v) is 14.1. The molecule has 4 rings (SSSR count). The van der Waals surface area contributed by atoms with Crippen molar-refractivity contribution in [1.82, 2.24) is 4.98 Å². The summed E-state index contributed by atoms with van der Waals surface area (Å²) in [4.78, 5) is 28.5. The number of aromatic nitrogens is 1. The van der Waals surface area contributed by atoms with E-state index in [0.717, 1.165) is 11.1 Å². The number of nitrogens with one attached hydrogen (secondary N) is 1. The van der Waals surface area contributed by atoms with Gasteiger partial charge < -0.3 is 4.98 Å². The zero-order valence-electron chi connectivity index (χ0n) is 12.6. The molecule has 1 aliphatic carbocycles. The number of hydrogen-bond donors (Lipinski definition) is 1. The fourth-order valence-corrected chi connectivity index (χ4v) is 3.99. The minimum Gasteiger partial charge on any atom is -0.358 e. The SMILES string of the molecule is O=C1CC(c2ccc(Cl)cc2Cl)Cc2[nH]c3ccccc3c(=O)c21. The van der Waals surface area contributed by atoms with Gasteiger partial charge in [0, 0.05) is 33.1 Å². The van der Waals surface area contributed by atoms with Gasteiger partial charge in [0.1, 0.15) is 0 Å². The minimum absolute atomic E-state index is 0.0634. The average Bonchev–Trinajstić information content (AvgIpc) is 2.54. The number of ketones is 1. The van der Waals surface area contributed by atoms with E-state index in [-0.39, 0.29) is 29.1 Å². The van der Waals surface area contributed by atoms with E-state index in [0.29, 0.717) is 27.5 Å². The molecule has 0 aliphatic heterocycles. The third-order valence-electron chi connectivity index (χ3n) is 4.55. The number of carbonyl (C=O) groups excluding carboxylic acids is 1. The van der Waals surface area contributed by atoms with Gasteiger partial charge in [-0.3, -0.25) is 9.59 Å². The summed E-state index contributed by atoms with van der Waals surface area (Å²) in [5.41, 5.74) is 2.41. The fourth-order valence-electron chi connectivity index (χ4n) is 3.43. The molecule has 1 aromatic heterocycles. The Morgan fingerprint density at radius 2 is 1.79 bits per heavy atom. The van der Waals surface area contributed by atoms with Crippen molar-refractivity contribution in [3.05, 3.63) is 79.6 Å². The van der Waals surface area contributed by atoms with Crippen molar-refractivity contribution in [2.45, 2.75) is 18.8 Å². The summed E-state index contributed by atoms with van der Waals surface area (Å²) in [6, 6.07) is 12.6. The number of carbonyl (C=O) groups is 1. The predicted octanol–water partition coefficient (Wildman–Crippen LogP) is 4.75. The Morgan fingerprint density at radius 3 is 2.58 bits per heavy atom. The maximum absolute atomic E-state index is 12.7. The molecule has 1 unspecified atom stereocenters. The molecular weight excluding hydrogens is 345 g/mol. The Labute approximate surface area is 148 Å². The van der Waals surface area contributed by atoms with Crippen LogP contribution in [0.5, 0.6) is 0 Å². The van der Waals surface area contributed by atoms with Gasteiger partial charge in [-0.05, 0) is 42.2 Å². The molecule has 5 heteroatoms. The van der Waals surface area contributed by atoms with E-state index in [1.807, 2.05) is 18.2 Å². The second kappa shape index (κ2) is 5.76. The summed E-state index contributed by atoms with van der Waals surface area (Å²) in [7, 11) is 0. The molecule has 0 amide bonds.